The van der Waals surface area contributed by atoms with E-state index in [0.29, 0.717) is 43.1 Å². The van der Waals surface area contributed by atoms with Crippen molar-refractivity contribution in [1.82, 2.24) is 4.90 Å². The molecule has 2 amide bonds. The zero-order valence-corrected chi connectivity index (χ0v) is 18.3. The molecule has 0 atom stereocenters. The van der Waals surface area contributed by atoms with Gasteiger partial charge in [0.25, 0.3) is 0 Å². The molecule has 0 aromatic heterocycles. The largest absolute Gasteiger partial charge is 0.454 e. The van der Waals surface area contributed by atoms with E-state index < -0.39 is 0 Å². The third-order valence-electron chi connectivity index (χ3n) is 5.38. The molecule has 1 N–H and O–H groups in total. The number of hydrogen-bond donors (Lipinski definition) is 1. The number of nitrogens with zero attached hydrogens (tertiary/aromatic N) is 1. The maximum atomic E-state index is 12.6. The highest BCUT2D eigenvalue weighted by molar-refractivity contribution is 9.10. The van der Waals surface area contributed by atoms with Gasteiger partial charge in [-0.1, -0.05) is 28.1 Å². The third kappa shape index (κ3) is 4.67. The average Bonchev–Trinajstić information content (AvgIpc) is 3.21. The van der Waals surface area contributed by atoms with Crippen LogP contribution in [0.25, 0.3) is 6.08 Å². The van der Waals surface area contributed by atoms with Gasteiger partial charge in [-0.2, -0.15) is 0 Å². The number of anilines is 1. The van der Waals surface area contributed by atoms with Crippen molar-refractivity contribution in [2.24, 2.45) is 5.92 Å². The Hall–Kier alpha value is -2.80. The minimum Gasteiger partial charge on any atom is -0.454 e. The first kappa shape index (κ1) is 20.5. The van der Waals surface area contributed by atoms with Crippen molar-refractivity contribution in [3.05, 3.63) is 58.1 Å². The molecule has 2 aromatic rings. The molecule has 1 fully saturated rings. The lowest BCUT2D eigenvalue weighted by atomic mass is 9.95. The number of carbonyl (C=O) groups excluding carboxylic acids is 2. The van der Waals surface area contributed by atoms with Crippen LogP contribution in [0.5, 0.6) is 11.5 Å². The molecule has 156 valence electrons. The minimum atomic E-state index is -0.116. The first-order valence-corrected chi connectivity index (χ1v) is 10.7. The van der Waals surface area contributed by atoms with E-state index in [1.54, 1.807) is 29.2 Å². The quantitative estimate of drug-likeness (QED) is 0.673. The summed E-state index contributed by atoms with van der Waals surface area (Å²) in [5.41, 5.74) is 2.81. The Morgan fingerprint density at radius 2 is 1.87 bits per heavy atom. The fourth-order valence-electron chi connectivity index (χ4n) is 3.61. The molecular formula is C23H23BrN2O4. The Balaban J connectivity index is 1.29. The monoisotopic (exact) mass is 470 g/mol. The molecule has 0 unspecified atom stereocenters. The number of piperidine rings is 1. The van der Waals surface area contributed by atoms with Gasteiger partial charge in [0.1, 0.15) is 0 Å². The average molecular weight is 471 g/mol. The highest BCUT2D eigenvalue weighted by Gasteiger charge is 2.27. The van der Waals surface area contributed by atoms with Gasteiger partial charge >= 0.3 is 0 Å². The van der Waals surface area contributed by atoms with Crippen LogP contribution < -0.4 is 14.8 Å². The third-order valence-corrected chi connectivity index (χ3v) is 6.07. The van der Waals surface area contributed by atoms with Crippen LogP contribution in [-0.4, -0.2) is 36.6 Å². The Bertz CT molecular complexity index is 997. The van der Waals surface area contributed by atoms with E-state index in [2.05, 4.69) is 21.2 Å². The predicted octanol–water partition coefficient (Wildman–Crippen LogP) is 4.38. The van der Waals surface area contributed by atoms with Gasteiger partial charge in [-0.3, -0.25) is 9.59 Å². The zero-order chi connectivity index (χ0) is 21.1. The van der Waals surface area contributed by atoms with Gasteiger partial charge in [0.05, 0.1) is 0 Å². The van der Waals surface area contributed by atoms with Crippen molar-refractivity contribution < 1.29 is 19.1 Å². The van der Waals surface area contributed by atoms with E-state index in [1.165, 1.54) is 0 Å². The molecule has 0 saturated carbocycles. The second kappa shape index (κ2) is 8.92. The maximum absolute atomic E-state index is 12.6. The Morgan fingerprint density at radius 3 is 2.63 bits per heavy atom. The van der Waals surface area contributed by atoms with Crippen molar-refractivity contribution in [2.75, 3.05) is 25.2 Å². The van der Waals surface area contributed by atoms with Crippen LogP contribution in [-0.2, 0) is 9.59 Å². The predicted molar refractivity (Wildman–Crippen MR) is 118 cm³/mol. The van der Waals surface area contributed by atoms with Crippen LogP contribution in [0.2, 0.25) is 0 Å². The number of amides is 2. The first-order valence-electron chi connectivity index (χ1n) is 9.93. The summed E-state index contributed by atoms with van der Waals surface area (Å²) in [5, 5.41) is 2.95. The summed E-state index contributed by atoms with van der Waals surface area (Å²) in [6.45, 7) is 3.36. The Kier molecular flexibility index (Phi) is 6.08. The molecule has 4 rings (SSSR count). The van der Waals surface area contributed by atoms with Gasteiger partial charge in [0.15, 0.2) is 11.5 Å². The molecule has 30 heavy (non-hydrogen) atoms. The van der Waals surface area contributed by atoms with Crippen LogP contribution in [0.1, 0.15) is 24.0 Å². The normalized spacial score (nSPS) is 16.1. The summed E-state index contributed by atoms with van der Waals surface area (Å²) in [5.74, 6) is 1.15. The topological polar surface area (TPSA) is 67.9 Å². The molecular weight excluding hydrogens is 448 g/mol. The molecule has 6 nitrogen and oxygen atoms in total. The molecule has 2 aliphatic rings. The van der Waals surface area contributed by atoms with Crippen LogP contribution in [0.15, 0.2) is 46.9 Å². The molecule has 0 aliphatic carbocycles. The zero-order valence-electron chi connectivity index (χ0n) is 16.7. The maximum Gasteiger partial charge on any atom is 0.246 e. The van der Waals surface area contributed by atoms with Crippen molar-refractivity contribution in [3.8, 4) is 11.5 Å². The number of hydrogen-bond acceptors (Lipinski definition) is 4. The van der Waals surface area contributed by atoms with Gasteiger partial charge in [-0.25, -0.2) is 0 Å². The molecule has 0 bridgehead atoms. The number of rotatable bonds is 4. The van der Waals surface area contributed by atoms with Gasteiger partial charge in [0.2, 0.25) is 18.6 Å². The van der Waals surface area contributed by atoms with Gasteiger partial charge in [0, 0.05) is 41.3 Å². The SMILES string of the molecule is Cc1ccc(C=CC(=O)N2CCC(C(=O)Nc3ccc4c(c3)OCO4)CC2)c(Br)c1. The summed E-state index contributed by atoms with van der Waals surface area (Å²) in [4.78, 5) is 26.9. The number of ether oxygens (including phenoxy) is 2. The van der Waals surface area contributed by atoms with Crippen LogP contribution in [0.3, 0.4) is 0 Å². The molecule has 2 heterocycles. The highest BCUT2D eigenvalue weighted by Crippen LogP contribution is 2.34. The number of aryl methyl sites for hydroxylation is 1. The number of nitrogens with one attached hydrogen (secondary N) is 1. The van der Waals surface area contributed by atoms with Crippen LogP contribution >= 0.6 is 15.9 Å². The lowest BCUT2D eigenvalue weighted by molar-refractivity contribution is -0.130. The van der Waals surface area contributed by atoms with E-state index in [4.69, 9.17) is 9.47 Å². The van der Waals surface area contributed by atoms with E-state index in [0.717, 1.165) is 15.6 Å². The van der Waals surface area contributed by atoms with Crippen molar-refractivity contribution in [1.29, 1.82) is 0 Å². The highest BCUT2D eigenvalue weighted by atomic mass is 79.9. The second-order valence-corrected chi connectivity index (χ2v) is 8.37. The molecule has 1 saturated heterocycles. The number of likely N-dealkylation sites (tertiary alicyclic amines) is 1. The summed E-state index contributed by atoms with van der Waals surface area (Å²) in [6, 6.07) is 11.4. The summed E-state index contributed by atoms with van der Waals surface area (Å²) in [6.07, 6.45) is 4.71. The molecule has 7 heteroatoms. The van der Waals surface area contributed by atoms with Gasteiger partial charge in [-0.05, 0) is 55.2 Å². The van der Waals surface area contributed by atoms with Crippen LogP contribution in [0.4, 0.5) is 5.69 Å². The van der Waals surface area contributed by atoms with Crippen molar-refractivity contribution >= 4 is 39.5 Å². The molecule has 0 spiro atoms. The fraction of sp³-hybridized carbons (Fsp3) is 0.304. The molecule has 2 aromatic carbocycles. The smallest absolute Gasteiger partial charge is 0.246 e. The fourth-order valence-corrected chi connectivity index (χ4v) is 4.24. The standard InChI is InChI=1S/C23H23BrN2O4/c1-15-2-3-16(19(24)12-15)4-7-22(27)26-10-8-17(9-11-26)23(28)25-18-5-6-20-21(13-18)30-14-29-20/h2-7,12-13,17H,8-11,14H2,1H3,(H,25,28). The van der Waals surface area contributed by atoms with E-state index >= 15 is 0 Å². The van der Waals surface area contributed by atoms with Crippen LogP contribution in [0, 0.1) is 12.8 Å². The summed E-state index contributed by atoms with van der Waals surface area (Å²) in [7, 11) is 0. The first-order chi connectivity index (χ1) is 14.5. The lowest BCUT2D eigenvalue weighted by Crippen LogP contribution is -2.40. The van der Waals surface area contributed by atoms with Gasteiger partial charge < -0.3 is 19.7 Å². The second-order valence-electron chi connectivity index (χ2n) is 7.52. The number of benzene rings is 2. The lowest BCUT2D eigenvalue weighted by Gasteiger charge is -2.30. The minimum absolute atomic E-state index is 0.0277. The molecule has 0 radical (unpaired) electrons. The molecule has 2 aliphatic heterocycles. The summed E-state index contributed by atoms with van der Waals surface area (Å²) >= 11 is 3.53. The number of halogens is 1. The van der Waals surface area contributed by atoms with E-state index in [1.807, 2.05) is 31.2 Å². The number of fused-ring (bicyclic) bond motifs is 1. The summed E-state index contributed by atoms with van der Waals surface area (Å²) < 4.78 is 11.6. The Morgan fingerprint density at radius 1 is 1.10 bits per heavy atom. The van der Waals surface area contributed by atoms with Crippen molar-refractivity contribution in [2.45, 2.75) is 19.8 Å². The van der Waals surface area contributed by atoms with Crippen molar-refractivity contribution in [3.63, 3.8) is 0 Å². The Labute approximate surface area is 184 Å². The number of carbonyl (C=O) groups is 2. The van der Waals surface area contributed by atoms with E-state index in [-0.39, 0.29) is 24.5 Å². The van der Waals surface area contributed by atoms with Gasteiger partial charge in [-0.15, -0.1) is 0 Å². The van der Waals surface area contributed by atoms with E-state index in [9.17, 15) is 9.59 Å².